The monoisotopic (exact) mass is 580 g/mol. The van der Waals surface area contributed by atoms with Gasteiger partial charge in [-0.25, -0.2) is 23.5 Å². The second-order valence-electron chi connectivity index (χ2n) is 11.3. The minimum Gasteiger partial charge on any atom is -0.494 e. The lowest BCUT2D eigenvalue weighted by molar-refractivity contribution is -0.147. The van der Waals surface area contributed by atoms with Gasteiger partial charge >= 0.3 is 5.97 Å². The summed E-state index contributed by atoms with van der Waals surface area (Å²) in [6, 6.07) is 14.6. The molecule has 1 heterocycles. The van der Waals surface area contributed by atoms with E-state index in [2.05, 4.69) is 16.9 Å². The van der Waals surface area contributed by atoms with Crippen molar-refractivity contribution in [1.82, 2.24) is 9.97 Å². The van der Waals surface area contributed by atoms with Crippen molar-refractivity contribution >= 4 is 5.97 Å². The zero-order valence-electron chi connectivity index (χ0n) is 25.4. The molecule has 0 fully saturated rings. The van der Waals surface area contributed by atoms with Crippen LogP contribution in [0, 0.1) is 0 Å². The molecular weight excluding hydrogens is 534 g/mol. The number of ether oxygens (including phenoxy) is 2. The number of halogens is 2. The van der Waals surface area contributed by atoms with Crippen LogP contribution in [0.1, 0.15) is 97.8 Å². The van der Waals surface area contributed by atoms with Gasteiger partial charge in [-0.15, -0.1) is 0 Å². The van der Waals surface area contributed by atoms with Crippen molar-refractivity contribution in [3.63, 3.8) is 0 Å². The average molecular weight is 581 g/mol. The van der Waals surface area contributed by atoms with Crippen LogP contribution in [0.15, 0.2) is 60.9 Å². The summed E-state index contributed by atoms with van der Waals surface area (Å²) in [5, 5.41) is 0. The number of unbranched alkanes of at least 4 members (excludes halogenated alkanes) is 8. The van der Waals surface area contributed by atoms with E-state index < -0.39 is 17.8 Å². The summed E-state index contributed by atoms with van der Waals surface area (Å²) in [7, 11) is 0. The summed E-state index contributed by atoms with van der Waals surface area (Å²) in [6.07, 6.45) is 13.7. The molecule has 0 unspecified atom stereocenters. The molecule has 5 nitrogen and oxygen atoms in total. The standard InChI is InChI=1S/C35H46F2N2O3/c1-4-5-6-7-8-9-12-23-35(3,37)34(40)42-32-21-15-28(16-22-32)30-25-38-33(39-26-30)29-17-19-31(20-18-29)41-24-13-10-11-14-27(2)36/h15-22,25-27H,4-14,23-24H2,1-3H3/t27-,35-/m0/s1. The maximum absolute atomic E-state index is 15.0. The Balaban J connectivity index is 1.45. The van der Waals surface area contributed by atoms with Gasteiger partial charge in [0.2, 0.25) is 5.67 Å². The molecule has 3 aromatic rings. The molecule has 0 N–H and O–H groups in total. The zero-order valence-corrected chi connectivity index (χ0v) is 25.4. The molecule has 0 amide bonds. The van der Waals surface area contributed by atoms with Crippen molar-refractivity contribution in [3.05, 3.63) is 60.9 Å². The smallest absolute Gasteiger partial charge is 0.348 e. The van der Waals surface area contributed by atoms with E-state index in [1.807, 2.05) is 24.3 Å². The maximum atomic E-state index is 15.0. The highest BCUT2D eigenvalue weighted by molar-refractivity contribution is 5.81. The average Bonchev–Trinajstić information content (AvgIpc) is 2.99. The summed E-state index contributed by atoms with van der Waals surface area (Å²) in [6.45, 7) is 5.69. The van der Waals surface area contributed by atoms with Gasteiger partial charge in [-0.1, -0.05) is 64.0 Å². The SMILES string of the molecule is CCCCCCCCC[C@](C)(F)C(=O)Oc1ccc(-c2cnc(-c3ccc(OCCCCC[C@H](C)F)cc3)nc2)cc1. The molecule has 2 aromatic carbocycles. The Kier molecular flexibility index (Phi) is 13.9. The molecule has 0 aliphatic heterocycles. The van der Waals surface area contributed by atoms with Crippen molar-refractivity contribution in [2.24, 2.45) is 0 Å². The number of carbonyl (C=O) groups is 1. The fraction of sp³-hybridized carbons (Fsp3) is 0.514. The van der Waals surface area contributed by atoms with Gasteiger partial charge in [-0.3, -0.25) is 0 Å². The van der Waals surface area contributed by atoms with Gasteiger partial charge < -0.3 is 9.47 Å². The van der Waals surface area contributed by atoms with Crippen molar-refractivity contribution in [3.8, 4) is 34.0 Å². The van der Waals surface area contributed by atoms with Crippen molar-refractivity contribution < 1.29 is 23.0 Å². The highest BCUT2D eigenvalue weighted by Crippen LogP contribution is 2.27. The first-order valence-corrected chi connectivity index (χ1v) is 15.5. The summed E-state index contributed by atoms with van der Waals surface area (Å²) < 4.78 is 38.9. The number of hydrogen-bond donors (Lipinski definition) is 0. The number of nitrogens with zero attached hydrogens (tertiary/aromatic N) is 2. The Labute approximate surface area is 250 Å². The van der Waals surface area contributed by atoms with Crippen LogP contribution < -0.4 is 9.47 Å². The van der Waals surface area contributed by atoms with Gasteiger partial charge in [0, 0.05) is 23.5 Å². The molecule has 2 atom stereocenters. The molecule has 0 radical (unpaired) electrons. The van der Waals surface area contributed by atoms with Crippen molar-refractivity contribution in [1.29, 1.82) is 0 Å². The Bertz CT molecular complexity index is 1180. The minimum atomic E-state index is -2.01. The predicted octanol–water partition coefficient (Wildman–Crippen LogP) is 9.88. The lowest BCUT2D eigenvalue weighted by Gasteiger charge is -2.18. The topological polar surface area (TPSA) is 61.3 Å². The molecule has 0 saturated heterocycles. The Morgan fingerprint density at radius 3 is 2.00 bits per heavy atom. The molecular formula is C35H46F2N2O3. The number of rotatable bonds is 19. The fourth-order valence-electron chi connectivity index (χ4n) is 4.67. The second kappa shape index (κ2) is 17.6. The second-order valence-corrected chi connectivity index (χ2v) is 11.3. The Morgan fingerprint density at radius 2 is 1.36 bits per heavy atom. The van der Waals surface area contributed by atoms with Crippen LogP contribution in [0.2, 0.25) is 0 Å². The minimum absolute atomic E-state index is 0.166. The predicted molar refractivity (Wildman–Crippen MR) is 165 cm³/mol. The van der Waals surface area contributed by atoms with Crippen LogP contribution in [0.5, 0.6) is 11.5 Å². The third kappa shape index (κ3) is 11.5. The van der Waals surface area contributed by atoms with Crippen molar-refractivity contribution in [2.75, 3.05) is 6.61 Å². The summed E-state index contributed by atoms with van der Waals surface area (Å²) in [5.41, 5.74) is 0.537. The van der Waals surface area contributed by atoms with Gasteiger partial charge in [0.15, 0.2) is 5.82 Å². The number of hydrogen-bond acceptors (Lipinski definition) is 5. The number of aromatic nitrogens is 2. The summed E-state index contributed by atoms with van der Waals surface area (Å²) >= 11 is 0. The first kappa shape index (κ1) is 33.2. The molecule has 1 aromatic heterocycles. The number of alkyl halides is 2. The molecule has 228 valence electrons. The van der Waals surface area contributed by atoms with E-state index in [0.717, 1.165) is 61.0 Å². The van der Waals surface area contributed by atoms with Gasteiger partial charge in [0.25, 0.3) is 0 Å². The van der Waals surface area contributed by atoms with Crippen LogP contribution in [-0.4, -0.2) is 34.4 Å². The van der Waals surface area contributed by atoms with Gasteiger partial charge in [-0.05, 0) is 87.9 Å². The third-order valence-corrected chi connectivity index (χ3v) is 7.35. The zero-order chi connectivity index (χ0) is 30.2. The Hall–Kier alpha value is -3.35. The van der Waals surface area contributed by atoms with Crippen LogP contribution in [0.4, 0.5) is 8.78 Å². The lowest BCUT2D eigenvalue weighted by atomic mass is 9.99. The first-order chi connectivity index (χ1) is 20.3. The van der Waals surface area contributed by atoms with E-state index in [0.29, 0.717) is 31.0 Å². The van der Waals surface area contributed by atoms with E-state index in [-0.39, 0.29) is 6.42 Å². The number of carbonyl (C=O) groups excluding carboxylic acids is 1. The number of benzene rings is 2. The van der Waals surface area contributed by atoms with Gasteiger partial charge in [0.05, 0.1) is 12.8 Å². The molecule has 7 heteroatoms. The van der Waals surface area contributed by atoms with Crippen LogP contribution in [0.25, 0.3) is 22.5 Å². The molecule has 42 heavy (non-hydrogen) atoms. The molecule has 0 aliphatic rings. The van der Waals surface area contributed by atoms with Crippen molar-refractivity contribution in [2.45, 2.75) is 110 Å². The molecule has 0 saturated carbocycles. The molecule has 0 aliphatic carbocycles. The normalized spacial score (nSPS) is 13.4. The van der Waals surface area contributed by atoms with E-state index in [9.17, 15) is 13.6 Å². The van der Waals surface area contributed by atoms with E-state index in [1.165, 1.54) is 26.2 Å². The van der Waals surface area contributed by atoms with Crippen LogP contribution in [-0.2, 0) is 4.79 Å². The van der Waals surface area contributed by atoms with E-state index in [1.54, 1.807) is 43.6 Å². The first-order valence-electron chi connectivity index (χ1n) is 15.5. The molecule has 0 spiro atoms. The highest BCUT2D eigenvalue weighted by Gasteiger charge is 2.34. The summed E-state index contributed by atoms with van der Waals surface area (Å²) in [4.78, 5) is 21.5. The van der Waals surface area contributed by atoms with Gasteiger partial charge in [-0.2, -0.15) is 0 Å². The molecule has 0 bridgehead atoms. The van der Waals surface area contributed by atoms with Gasteiger partial charge in [0.1, 0.15) is 11.5 Å². The lowest BCUT2D eigenvalue weighted by Crippen LogP contribution is -2.34. The maximum Gasteiger partial charge on any atom is 0.348 e. The third-order valence-electron chi connectivity index (χ3n) is 7.35. The molecule has 3 rings (SSSR count). The summed E-state index contributed by atoms with van der Waals surface area (Å²) in [5.74, 6) is 0.829. The Morgan fingerprint density at radius 1 is 0.786 bits per heavy atom. The highest BCUT2D eigenvalue weighted by atomic mass is 19.1. The van der Waals surface area contributed by atoms with Crippen LogP contribution in [0.3, 0.4) is 0 Å². The van der Waals surface area contributed by atoms with E-state index >= 15 is 0 Å². The number of esters is 1. The van der Waals surface area contributed by atoms with E-state index in [4.69, 9.17) is 9.47 Å². The fourth-order valence-corrected chi connectivity index (χ4v) is 4.67. The quantitative estimate of drug-likeness (QED) is 0.0802. The largest absolute Gasteiger partial charge is 0.494 e. The van der Waals surface area contributed by atoms with Crippen LogP contribution >= 0.6 is 0 Å².